The van der Waals surface area contributed by atoms with Crippen LogP contribution in [0, 0.1) is 12.3 Å². The Morgan fingerprint density at radius 3 is 2.62 bits per heavy atom. The van der Waals surface area contributed by atoms with Gasteiger partial charge >= 0.3 is 5.97 Å². The lowest BCUT2D eigenvalue weighted by Gasteiger charge is -2.48. The van der Waals surface area contributed by atoms with E-state index in [-0.39, 0.29) is 25.1 Å². The Morgan fingerprint density at radius 1 is 1.15 bits per heavy atom. The lowest BCUT2D eigenvalue weighted by Crippen LogP contribution is -2.67. The number of carbonyl (C=O) groups is 2. The zero-order valence-electron chi connectivity index (χ0n) is 19.9. The molecule has 1 amide bonds. The largest absolute Gasteiger partial charge is 0.457 e. The Hall–Kier alpha value is -2.44. The first-order valence-corrected chi connectivity index (χ1v) is 12.0. The second-order valence-corrected chi connectivity index (χ2v) is 8.58. The van der Waals surface area contributed by atoms with E-state index in [1.54, 1.807) is 0 Å². The van der Waals surface area contributed by atoms with Crippen molar-refractivity contribution < 1.29 is 33.3 Å². The molecule has 0 bridgehead atoms. The van der Waals surface area contributed by atoms with Crippen LogP contribution < -0.4 is 5.32 Å². The van der Waals surface area contributed by atoms with Gasteiger partial charge in [-0.05, 0) is 6.42 Å². The van der Waals surface area contributed by atoms with Gasteiger partial charge in [0.15, 0.2) is 18.7 Å². The molecule has 2 heterocycles. The molecule has 8 heteroatoms. The number of fused-ring (bicyclic) bond motifs is 1. The SMILES string of the molecule is C#CCO[C@@H]1O[C@H]2CO[C@@H](c3ccccc3)O[C@H]2[C@@H](OC(=O)CCCCCCC)[C@@H]1NC(C)=O. The van der Waals surface area contributed by atoms with Gasteiger partial charge in [-0.2, -0.15) is 0 Å². The molecule has 1 aromatic carbocycles. The highest BCUT2D eigenvalue weighted by molar-refractivity contribution is 5.73. The Morgan fingerprint density at radius 2 is 1.91 bits per heavy atom. The van der Waals surface area contributed by atoms with Gasteiger partial charge in [0.05, 0.1) is 6.61 Å². The number of nitrogens with one attached hydrogen (secondary N) is 1. The minimum atomic E-state index is -0.913. The average molecular weight is 474 g/mol. The summed E-state index contributed by atoms with van der Waals surface area (Å²) in [5.41, 5.74) is 0.837. The van der Waals surface area contributed by atoms with E-state index in [0.717, 1.165) is 37.7 Å². The minimum absolute atomic E-state index is 0.0232. The summed E-state index contributed by atoms with van der Waals surface area (Å²) in [6.07, 6.45) is 7.11. The summed E-state index contributed by atoms with van der Waals surface area (Å²) in [5, 5.41) is 2.81. The number of rotatable bonds is 11. The van der Waals surface area contributed by atoms with Crippen molar-refractivity contribution in [1.29, 1.82) is 0 Å². The molecule has 1 N–H and O–H groups in total. The van der Waals surface area contributed by atoms with Crippen molar-refractivity contribution in [1.82, 2.24) is 5.32 Å². The molecule has 1 aromatic rings. The summed E-state index contributed by atoms with van der Waals surface area (Å²) in [6.45, 7) is 3.71. The van der Waals surface area contributed by atoms with E-state index in [1.807, 2.05) is 30.3 Å². The molecular formula is C26H35NO7. The number of benzene rings is 1. The highest BCUT2D eigenvalue weighted by Crippen LogP contribution is 2.36. The van der Waals surface area contributed by atoms with Crippen LogP contribution in [0.15, 0.2) is 30.3 Å². The molecule has 0 spiro atoms. The summed E-state index contributed by atoms with van der Waals surface area (Å²) in [5.74, 6) is 1.75. The van der Waals surface area contributed by atoms with Crippen molar-refractivity contribution in [3.05, 3.63) is 35.9 Å². The smallest absolute Gasteiger partial charge is 0.306 e. The molecule has 2 aliphatic rings. The van der Waals surface area contributed by atoms with Gasteiger partial charge < -0.3 is 29.0 Å². The van der Waals surface area contributed by atoms with E-state index in [1.165, 1.54) is 6.92 Å². The van der Waals surface area contributed by atoms with E-state index in [0.29, 0.717) is 6.42 Å². The van der Waals surface area contributed by atoms with Crippen LogP contribution in [-0.4, -0.2) is 55.7 Å². The van der Waals surface area contributed by atoms with Crippen LogP contribution in [0.5, 0.6) is 0 Å². The molecule has 0 unspecified atom stereocenters. The number of carbonyl (C=O) groups excluding carboxylic acids is 2. The molecule has 2 fully saturated rings. The van der Waals surface area contributed by atoms with E-state index >= 15 is 0 Å². The fourth-order valence-corrected chi connectivity index (χ4v) is 4.24. The molecule has 6 atom stereocenters. The van der Waals surface area contributed by atoms with Gasteiger partial charge in [0.1, 0.15) is 24.9 Å². The maximum absolute atomic E-state index is 12.8. The summed E-state index contributed by atoms with van der Waals surface area (Å²) in [4.78, 5) is 24.8. The molecule has 2 aliphatic heterocycles. The average Bonchev–Trinajstić information content (AvgIpc) is 2.84. The van der Waals surface area contributed by atoms with Crippen molar-refractivity contribution in [2.24, 2.45) is 0 Å². The number of hydrogen-bond acceptors (Lipinski definition) is 7. The maximum Gasteiger partial charge on any atom is 0.306 e. The fourth-order valence-electron chi connectivity index (χ4n) is 4.24. The Kier molecular flexibility index (Phi) is 10.4. The third-order valence-corrected chi connectivity index (χ3v) is 5.86. The van der Waals surface area contributed by atoms with Crippen LogP contribution in [0.3, 0.4) is 0 Å². The van der Waals surface area contributed by atoms with E-state index in [2.05, 4.69) is 18.2 Å². The molecule has 3 rings (SSSR count). The maximum atomic E-state index is 12.8. The predicted octanol–water partition coefficient (Wildman–Crippen LogP) is 3.25. The van der Waals surface area contributed by atoms with Gasteiger partial charge in [0, 0.05) is 18.9 Å². The van der Waals surface area contributed by atoms with Crippen LogP contribution >= 0.6 is 0 Å². The van der Waals surface area contributed by atoms with E-state index in [9.17, 15) is 9.59 Å². The monoisotopic (exact) mass is 473 g/mol. The van der Waals surface area contributed by atoms with Crippen molar-refractivity contribution in [2.45, 2.75) is 89.3 Å². The summed E-state index contributed by atoms with van der Waals surface area (Å²) < 4.78 is 29.8. The number of terminal acetylenes is 1. The van der Waals surface area contributed by atoms with Gasteiger partial charge in [-0.15, -0.1) is 6.42 Å². The lowest BCUT2D eigenvalue weighted by molar-refractivity contribution is -0.343. The van der Waals surface area contributed by atoms with Crippen molar-refractivity contribution in [3.8, 4) is 12.3 Å². The second-order valence-electron chi connectivity index (χ2n) is 8.58. The first-order chi connectivity index (χ1) is 16.5. The van der Waals surface area contributed by atoms with Gasteiger partial charge in [-0.25, -0.2) is 0 Å². The summed E-state index contributed by atoms with van der Waals surface area (Å²) in [7, 11) is 0. The Labute approximate surface area is 201 Å². The van der Waals surface area contributed by atoms with E-state index in [4.69, 9.17) is 30.1 Å². The topological polar surface area (TPSA) is 92.3 Å². The van der Waals surface area contributed by atoms with Crippen molar-refractivity contribution in [3.63, 3.8) is 0 Å². The molecule has 0 aliphatic carbocycles. The standard InChI is InChI=1S/C26H35NO7/c1-4-6-7-8-12-15-21(29)33-24-22(27-18(3)28)26(30-16-5-2)32-20-17-31-25(34-23(20)24)19-13-10-9-11-14-19/h2,9-11,13-14,20,22-26H,4,6-8,12,15-17H2,1,3H3,(H,27,28)/t20-,22-,23+,24-,25+,26+/m0/s1. The van der Waals surface area contributed by atoms with E-state index < -0.39 is 36.9 Å². The third-order valence-electron chi connectivity index (χ3n) is 5.86. The lowest BCUT2D eigenvalue weighted by atomic mass is 9.95. The molecule has 186 valence electrons. The summed E-state index contributed by atoms with van der Waals surface area (Å²) >= 11 is 0. The molecule has 2 saturated heterocycles. The number of ether oxygens (including phenoxy) is 5. The number of esters is 1. The quantitative estimate of drug-likeness (QED) is 0.300. The zero-order chi connectivity index (χ0) is 24.3. The number of hydrogen-bond donors (Lipinski definition) is 1. The first-order valence-electron chi connectivity index (χ1n) is 12.0. The normalized spacial score (nSPS) is 28.4. The van der Waals surface area contributed by atoms with Gasteiger partial charge in [-0.1, -0.05) is 68.9 Å². The molecule has 0 saturated carbocycles. The van der Waals surface area contributed by atoms with Crippen LogP contribution in [0.1, 0.15) is 64.2 Å². The molecule has 0 radical (unpaired) electrons. The predicted molar refractivity (Wildman–Crippen MR) is 124 cm³/mol. The third kappa shape index (κ3) is 7.28. The fraction of sp³-hybridized carbons (Fsp3) is 0.615. The van der Waals surface area contributed by atoms with Gasteiger partial charge in [0.25, 0.3) is 0 Å². The van der Waals surface area contributed by atoms with Crippen LogP contribution in [-0.2, 0) is 33.3 Å². The van der Waals surface area contributed by atoms with Gasteiger partial charge in [0.2, 0.25) is 5.91 Å². The number of unbranched alkanes of at least 4 members (excludes halogenated alkanes) is 4. The second kappa shape index (κ2) is 13.4. The Balaban J connectivity index is 1.77. The van der Waals surface area contributed by atoms with Gasteiger partial charge in [-0.3, -0.25) is 9.59 Å². The molecule has 0 aromatic heterocycles. The summed E-state index contributed by atoms with van der Waals surface area (Å²) in [6, 6.07) is 8.71. The highest BCUT2D eigenvalue weighted by Gasteiger charge is 2.52. The van der Waals surface area contributed by atoms with Crippen molar-refractivity contribution >= 4 is 11.9 Å². The molecule has 34 heavy (non-hydrogen) atoms. The van der Waals surface area contributed by atoms with Crippen LogP contribution in [0.2, 0.25) is 0 Å². The van der Waals surface area contributed by atoms with Crippen molar-refractivity contribution in [2.75, 3.05) is 13.2 Å². The Bertz CT molecular complexity index is 824. The van der Waals surface area contributed by atoms with Crippen LogP contribution in [0.25, 0.3) is 0 Å². The molecule has 8 nitrogen and oxygen atoms in total. The highest BCUT2D eigenvalue weighted by atomic mass is 16.8. The molecular weight excluding hydrogens is 438 g/mol. The van der Waals surface area contributed by atoms with Crippen LogP contribution in [0.4, 0.5) is 0 Å². The number of amides is 1. The minimum Gasteiger partial charge on any atom is -0.457 e. The first kappa shape index (κ1) is 26.2. The zero-order valence-corrected chi connectivity index (χ0v) is 19.9.